The number of hydrogen-bond acceptors (Lipinski definition) is 6. The quantitative estimate of drug-likeness (QED) is 0.297. The lowest BCUT2D eigenvalue weighted by Crippen LogP contribution is -2.42. The number of rotatable bonds is 10. The standard InChI is InChI=1S/C31H38N6O2/c1-39-17-5-16-37-28-8-3-2-7-27(28)35-31(37)25-6-4-15-36(21-25)30(38)19-26(32)18-22-9-11-23(12-10-22)24-13-14-29(33)34-20-24/h2-3,7-14,20,25-26H,4-6,15-19,21,32H2,1H3,(H2,33,34). The Bertz CT molecular complexity index is 1380. The molecule has 4 N–H and O–H groups in total. The molecule has 2 atom stereocenters. The summed E-state index contributed by atoms with van der Waals surface area (Å²) in [5.41, 5.74) is 17.5. The lowest BCUT2D eigenvalue weighted by molar-refractivity contribution is -0.132. The molecule has 3 heterocycles. The van der Waals surface area contributed by atoms with E-state index in [1.165, 1.54) is 0 Å². The molecule has 0 aliphatic carbocycles. The SMILES string of the molecule is COCCCn1c(C2CCCN(C(=O)CC(N)Cc3ccc(-c4ccc(N)nc4)cc3)C2)nc2ccccc21. The van der Waals surface area contributed by atoms with E-state index in [1.807, 2.05) is 17.0 Å². The summed E-state index contributed by atoms with van der Waals surface area (Å²) in [4.78, 5) is 24.5. The van der Waals surface area contributed by atoms with E-state index >= 15 is 0 Å². The molecule has 2 aromatic heterocycles. The van der Waals surface area contributed by atoms with Gasteiger partial charge in [0.1, 0.15) is 11.6 Å². The Hall–Kier alpha value is -3.75. The van der Waals surface area contributed by atoms with Crippen molar-refractivity contribution in [3.63, 3.8) is 0 Å². The predicted octanol–water partition coefficient (Wildman–Crippen LogP) is 4.38. The first-order valence-corrected chi connectivity index (χ1v) is 13.8. The first kappa shape index (κ1) is 26.8. The second kappa shape index (κ2) is 12.4. The van der Waals surface area contributed by atoms with Crippen LogP contribution in [0.4, 0.5) is 5.82 Å². The van der Waals surface area contributed by atoms with E-state index in [1.54, 1.807) is 19.4 Å². The van der Waals surface area contributed by atoms with Crippen LogP contribution < -0.4 is 11.5 Å². The molecule has 1 fully saturated rings. The van der Waals surface area contributed by atoms with E-state index < -0.39 is 0 Å². The number of carbonyl (C=O) groups is 1. The molecule has 1 saturated heterocycles. The van der Waals surface area contributed by atoms with E-state index in [-0.39, 0.29) is 17.9 Å². The molecule has 0 spiro atoms. The van der Waals surface area contributed by atoms with Gasteiger partial charge in [0.25, 0.3) is 0 Å². The maximum atomic E-state index is 13.3. The Balaban J connectivity index is 1.21. The molecule has 1 amide bonds. The Morgan fingerprint density at radius 2 is 1.90 bits per heavy atom. The monoisotopic (exact) mass is 526 g/mol. The van der Waals surface area contributed by atoms with Crippen molar-refractivity contribution in [2.45, 2.75) is 50.6 Å². The molecule has 1 aliphatic rings. The number of likely N-dealkylation sites (tertiary alicyclic amines) is 1. The molecule has 1 aliphatic heterocycles. The number of carbonyl (C=O) groups excluding carboxylic acids is 1. The zero-order chi connectivity index (χ0) is 27.2. The number of fused-ring (bicyclic) bond motifs is 1. The van der Waals surface area contributed by atoms with Crippen LogP contribution in [0.2, 0.25) is 0 Å². The molecule has 0 saturated carbocycles. The summed E-state index contributed by atoms with van der Waals surface area (Å²) in [5, 5.41) is 0. The topological polar surface area (TPSA) is 112 Å². The van der Waals surface area contributed by atoms with E-state index in [2.05, 4.69) is 52.0 Å². The molecule has 8 heteroatoms. The van der Waals surface area contributed by atoms with E-state index in [9.17, 15) is 4.79 Å². The maximum Gasteiger partial charge on any atom is 0.224 e. The van der Waals surface area contributed by atoms with Gasteiger partial charge in [-0.25, -0.2) is 9.97 Å². The van der Waals surface area contributed by atoms with Crippen molar-refractivity contribution >= 4 is 22.8 Å². The number of piperidine rings is 1. The third-order valence-corrected chi connectivity index (χ3v) is 7.56. The fourth-order valence-corrected chi connectivity index (χ4v) is 5.56. The largest absolute Gasteiger partial charge is 0.385 e. The van der Waals surface area contributed by atoms with Crippen molar-refractivity contribution in [1.29, 1.82) is 0 Å². The third-order valence-electron chi connectivity index (χ3n) is 7.56. The van der Waals surface area contributed by atoms with Crippen LogP contribution in [0.1, 0.15) is 43.0 Å². The van der Waals surface area contributed by atoms with Gasteiger partial charge < -0.3 is 25.7 Å². The predicted molar refractivity (Wildman–Crippen MR) is 155 cm³/mol. The number of benzene rings is 2. The highest BCUT2D eigenvalue weighted by Crippen LogP contribution is 2.30. The van der Waals surface area contributed by atoms with Gasteiger partial charge in [-0.15, -0.1) is 0 Å². The number of hydrogen-bond donors (Lipinski definition) is 2. The van der Waals surface area contributed by atoms with Crippen LogP contribution in [0.5, 0.6) is 0 Å². The number of nitrogens with zero attached hydrogens (tertiary/aromatic N) is 4. The van der Waals surface area contributed by atoms with Crippen molar-refractivity contribution in [2.24, 2.45) is 5.73 Å². The summed E-state index contributed by atoms with van der Waals surface area (Å²) in [5.74, 6) is 1.92. The molecule has 204 valence electrons. The van der Waals surface area contributed by atoms with Gasteiger partial charge in [-0.05, 0) is 61.1 Å². The number of nitrogens with two attached hydrogens (primary N) is 2. The Morgan fingerprint density at radius 3 is 2.67 bits per heavy atom. The van der Waals surface area contributed by atoms with Crippen molar-refractivity contribution in [1.82, 2.24) is 19.4 Å². The number of anilines is 1. The van der Waals surface area contributed by atoms with Gasteiger partial charge in [0.15, 0.2) is 0 Å². The molecule has 8 nitrogen and oxygen atoms in total. The molecule has 0 bridgehead atoms. The van der Waals surface area contributed by atoms with Gasteiger partial charge in [0.2, 0.25) is 5.91 Å². The number of methoxy groups -OCH3 is 1. The van der Waals surface area contributed by atoms with Gasteiger partial charge >= 0.3 is 0 Å². The van der Waals surface area contributed by atoms with Crippen LogP contribution in [0.25, 0.3) is 22.2 Å². The second-order valence-electron chi connectivity index (χ2n) is 10.5. The highest BCUT2D eigenvalue weighted by molar-refractivity contribution is 5.78. The fourth-order valence-electron chi connectivity index (χ4n) is 5.56. The highest BCUT2D eigenvalue weighted by Gasteiger charge is 2.29. The Kier molecular flexibility index (Phi) is 8.54. The van der Waals surface area contributed by atoms with Gasteiger partial charge in [0, 0.05) is 63.5 Å². The number of imidazole rings is 1. The zero-order valence-electron chi connectivity index (χ0n) is 22.6. The highest BCUT2D eigenvalue weighted by atomic mass is 16.5. The lowest BCUT2D eigenvalue weighted by Gasteiger charge is -2.33. The third kappa shape index (κ3) is 6.46. The second-order valence-corrected chi connectivity index (χ2v) is 10.5. The molecule has 0 radical (unpaired) electrons. The van der Waals surface area contributed by atoms with Crippen LogP contribution >= 0.6 is 0 Å². The summed E-state index contributed by atoms with van der Waals surface area (Å²) >= 11 is 0. The molecule has 2 unspecified atom stereocenters. The zero-order valence-corrected chi connectivity index (χ0v) is 22.6. The van der Waals surface area contributed by atoms with E-state index in [0.29, 0.717) is 31.8 Å². The molecule has 4 aromatic rings. The number of aryl methyl sites for hydroxylation is 1. The first-order chi connectivity index (χ1) is 19.0. The Morgan fingerprint density at radius 1 is 1.10 bits per heavy atom. The number of aromatic nitrogens is 3. The minimum atomic E-state index is -0.236. The first-order valence-electron chi connectivity index (χ1n) is 13.8. The number of amides is 1. The molecule has 39 heavy (non-hydrogen) atoms. The van der Waals surface area contributed by atoms with Crippen LogP contribution in [0.15, 0.2) is 66.9 Å². The van der Waals surface area contributed by atoms with Crippen LogP contribution in [-0.2, 0) is 22.5 Å². The van der Waals surface area contributed by atoms with Crippen LogP contribution in [0, 0.1) is 0 Å². The molecular weight excluding hydrogens is 488 g/mol. The minimum Gasteiger partial charge on any atom is -0.385 e. The molecule has 2 aromatic carbocycles. The number of nitrogen functional groups attached to an aromatic ring is 1. The number of pyridine rings is 1. The van der Waals surface area contributed by atoms with Crippen molar-refractivity contribution < 1.29 is 9.53 Å². The van der Waals surface area contributed by atoms with Crippen LogP contribution in [0.3, 0.4) is 0 Å². The van der Waals surface area contributed by atoms with E-state index in [0.717, 1.165) is 65.9 Å². The molecule has 5 rings (SSSR count). The van der Waals surface area contributed by atoms with Gasteiger partial charge in [-0.1, -0.05) is 36.4 Å². The maximum absolute atomic E-state index is 13.3. The van der Waals surface area contributed by atoms with Crippen LogP contribution in [-0.4, -0.2) is 58.2 Å². The molecular formula is C31H38N6O2. The summed E-state index contributed by atoms with van der Waals surface area (Å²) < 4.78 is 7.61. The number of ether oxygens (including phenoxy) is 1. The Labute approximate surface area is 230 Å². The van der Waals surface area contributed by atoms with Crippen molar-refractivity contribution in [3.8, 4) is 11.1 Å². The van der Waals surface area contributed by atoms with Gasteiger partial charge in [-0.3, -0.25) is 4.79 Å². The normalized spacial score (nSPS) is 16.5. The summed E-state index contributed by atoms with van der Waals surface area (Å²) in [6.45, 7) is 3.02. The minimum absolute atomic E-state index is 0.124. The smallest absolute Gasteiger partial charge is 0.224 e. The van der Waals surface area contributed by atoms with Crippen molar-refractivity contribution in [2.75, 3.05) is 32.5 Å². The number of para-hydroxylation sites is 2. The summed E-state index contributed by atoms with van der Waals surface area (Å²) in [6, 6.07) is 20.1. The van der Waals surface area contributed by atoms with Crippen molar-refractivity contribution in [3.05, 3.63) is 78.2 Å². The summed E-state index contributed by atoms with van der Waals surface area (Å²) in [7, 11) is 1.73. The van der Waals surface area contributed by atoms with Gasteiger partial charge in [0.05, 0.1) is 11.0 Å². The van der Waals surface area contributed by atoms with Gasteiger partial charge in [-0.2, -0.15) is 0 Å². The average Bonchev–Trinajstić information content (AvgIpc) is 3.33. The van der Waals surface area contributed by atoms with E-state index in [4.69, 9.17) is 21.2 Å². The fraction of sp³-hybridized carbons (Fsp3) is 0.387. The lowest BCUT2D eigenvalue weighted by atomic mass is 9.95. The summed E-state index contributed by atoms with van der Waals surface area (Å²) in [6.07, 6.45) is 5.67. The average molecular weight is 527 g/mol.